The third-order valence-corrected chi connectivity index (χ3v) is 2.26. The second-order valence-electron chi connectivity index (χ2n) is 3.70. The van der Waals surface area contributed by atoms with Gasteiger partial charge in [0.25, 0.3) is 0 Å². The maximum atomic E-state index is 12.5. The number of halogens is 3. The van der Waals surface area contributed by atoms with E-state index in [2.05, 4.69) is 26.3 Å². The van der Waals surface area contributed by atoms with Crippen LogP contribution >= 0.6 is 0 Å². The summed E-state index contributed by atoms with van der Waals surface area (Å²) in [5.41, 5.74) is 0.639. The smallest absolute Gasteiger partial charge is 0.166 e. The standard InChI is InChI=1S/C15H17F3/c1-6-11(3)8-9-12(4)13(5)10-14(7-2)15(16,17)18/h7-10H,2-6H2,1H3/b9-8-,14-10+. The summed E-state index contributed by atoms with van der Waals surface area (Å²) in [5, 5.41) is 0. The summed E-state index contributed by atoms with van der Waals surface area (Å²) in [4.78, 5) is 0. The molecule has 0 aromatic rings. The van der Waals surface area contributed by atoms with Gasteiger partial charge in [0.2, 0.25) is 0 Å². The normalized spacial score (nSPS) is 12.6. The molecule has 0 nitrogen and oxygen atoms in total. The van der Waals surface area contributed by atoms with Crippen molar-refractivity contribution >= 4 is 0 Å². The molecule has 0 aliphatic heterocycles. The van der Waals surface area contributed by atoms with Gasteiger partial charge < -0.3 is 0 Å². The van der Waals surface area contributed by atoms with Crippen LogP contribution in [0.3, 0.4) is 0 Å². The van der Waals surface area contributed by atoms with Crippen LogP contribution in [-0.2, 0) is 0 Å². The van der Waals surface area contributed by atoms with Gasteiger partial charge in [-0.05, 0) is 23.6 Å². The van der Waals surface area contributed by atoms with Crippen molar-refractivity contribution < 1.29 is 13.2 Å². The van der Waals surface area contributed by atoms with E-state index in [-0.39, 0.29) is 5.57 Å². The zero-order valence-corrected chi connectivity index (χ0v) is 10.5. The van der Waals surface area contributed by atoms with Gasteiger partial charge in [-0.2, -0.15) is 13.2 Å². The first-order valence-corrected chi connectivity index (χ1v) is 5.37. The molecule has 98 valence electrons. The van der Waals surface area contributed by atoms with Gasteiger partial charge in [0.15, 0.2) is 0 Å². The molecule has 0 heterocycles. The highest BCUT2D eigenvalue weighted by Gasteiger charge is 2.31. The number of hydrogen-bond donors (Lipinski definition) is 0. The quantitative estimate of drug-likeness (QED) is 0.564. The topological polar surface area (TPSA) is 0 Å². The van der Waals surface area contributed by atoms with Crippen LogP contribution in [0.25, 0.3) is 0 Å². The van der Waals surface area contributed by atoms with Crippen molar-refractivity contribution in [2.75, 3.05) is 0 Å². The minimum atomic E-state index is -4.43. The van der Waals surface area contributed by atoms with Gasteiger partial charge in [0, 0.05) is 0 Å². The molecule has 18 heavy (non-hydrogen) atoms. The van der Waals surface area contributed by atoms with Crippen LogP contribution in [0.15, 0.2) is 72.9 Å². The summed E-state index contributed by atoms with van der Waals surface area (Å²) in [6.45, 7) is 16.0. The average molecular weight is 254 g/mol. The lowest BCUT2D eigenvalue weighted by Gasteiger charge is -2.08. The minimum Gasteiger partial charge on any atom is -0.166 e. The number of allylic oxidation sites excluding steroid dienone is 8. The summed E-state index contributed by atoms with van der Waals surface area (Å²) >= 11 is 0. The first-order chi connectivity index (χ1) is 8.22. The third-order valence-electron chi connectivity index (χ3n) is 2.26. The maximum Gasteiger partial charge on any atom is 0.416 e. The van der Waals surface area contributed by atoms with Gasteiger partial charge in [-0.3, -0.25) is 0 Å². The van der Waals surface area contributed by atoms with Crippen LogP contribution in [-0.4, -0.2) is 6.18 Å². The van der Waals surface area contributed by atoms with E-state index in [0.29, 0.717) is 5.57 Å². The Morgan fingerprint density at radius 1 is 1.06 bits per heavy atom. The minimum absolute atomic E-state index is 0.197. The molecule has 0 rings (SSSR count). The summed E-state index contributed by atoms with van der Waals surface area (Å²) in [7, 11) is 0. The van der Waals surface area contributed by atoms with E-state index in [1.807, 2.05) is 6.92 Å². The lowest BCUT2D eigenvalue weighted by atomic mass is 10.0. The van der Waals surface area contributed by atoms with Crippen molar-refractivity contribution in [1.82, 2.24) is 0 Å². The second-order valence-corrected chi connectivity index (χ2v) is 3.70. The van der Waals surface area contributed by atoms with Crippen LogP contribution in [0.4, 0.5) is 13.2 Å². The van der Waals surface area contributed by atoms with E-state index in [4.69, 9.17) is 0 Å². The summed E-state index contributed by atoms with van der Waals surface area (Å²) in [6, 6.07) is 0. The molecule has 0 spiro atoms. The molecule has 0 unspecified atom stereocenters. The van der Waals surface area contributed by atoms with E-state index in [9.17, 15) is 13.2 Å². The molecule has 3 heteroatoms. The predicted molar refractivity (Wildman–Crippen MR) is 71.2 cm³/mol. The number of hydrogen-bond acceptors (Lipinski definition) is 0. The summed E-state index contributed by atoms with van der Waals surface area (Å²) < 4.78 is 37.4. The Kier molecular flexibility index (Phi) is 6.17. The third kappa shape index (κ3) is 5.53. The monoisotopic (exact) mass is 254 g/mol. The van der Waals surface area contributed by atoms with Crippen molar-refractivity contribution in [3.63, 3.8) is 0 Å². The van der Waals surface area contributed by atoms with Crippen molar-refractivity contribution in [3.8, 4) is 0 Å². The molecule has 0 atom stereocenters. The predicted octanol–water partition coefficient (Wildman–Crippen LogP) is 5.30. The van der Waals surface area contributed by atoms with Crippen LogP contribution in [0, 0.1) is 0 Å². The molecule has 0 N–H and O–H groups in total. The fraction of sp³-hybridized carbons (Fsp3) is 0.200. The van der Waals surface area contributed by atoms with Crippen molar-refractivity contribution in [1.29, 1.82) is 0 Å². The Hall–Kier alpha value is -1.77. The lowest BCUT2D eigenvalue weighted by Crippen LogP contribution is -2.10. The van der Waals surface area contributed by atoms with Crippen LogP contribution < -0.4 is 0 Å². The molecule has 0 aromatic heterocycles. The highest BCUT2D eigenvalue weighted by molar-refractivity contribution is 5.47. The molecule has 0 aliphatic rings. The molecular formula is C15H17F3. The van der Waals surface area contributed by atoms with E-state index in [0.717, 1.165) is 24.1 Å². The summed E-state index contributed by atoms with van der Waals surface area (Å²) in [5.74, 6) is 0. The van der Waals surface area contributed by atoms with Gasteiger partial charge >= 0.3 is 6.18 Å². The van der Waals surface area contributed by atoms with Crippen molar-refractivity contribution in [2.45, 2.75) is 19.5 Å². The molecule has 0 bridgehead atoms. The van der Waals surface area contributed by atoms with Crippen molar-refractivity contribution in [2.24, 2.45) is 0 Å². The maximum absolute atomic E-state index is 12.5. The van der Waals surface area contributed by atoms with Gasteiger partial charge in [-0.1, -0.05) is 57.0 Å². The highest BCUT2D eigenvalue weighted by Crippen LogP contribution is 2.28. The van der Waals surface area contributed by atoms with E-state index in [1.165, 1.54) is 0 Å². The zero-order chi connectivity index (χ0) is 14.3. The number of alkyl halides is 3. The molecular weight excluding hydrogens is 237 g/mol. The van der Waals surface area contributed by atoms with Gasteiger partial charge in [0.1, 0.15) is 0 Å². The molecule has 0 fully saturated rings. The Morgan fingerprint density at radius 2 is 1.61 bits per heavy atom. The van der Waals surface area contributed by atoms with E-state index >= 15 is 0 Å². The van der Waals surface area contributed by atoms with E-state index < -0.39 is 11.7 Å². The Labute approximate surface area is 106 Å². The lowest BCUT2D eigenvalue weighted by molar-refractivity contribution is -0.0881. The number of rotatable bonds is 6. The Morgan fingerprint density at radius 3 is 2.00 bits per heavy atom. The molecule has 0 saturated carbocycles. The molecule has 0 saturated heterocycles. The molecule has 0 aliphatic carbocycles. The van der Waals surface area contributed by atoms with Crippen LogP contribution in [0.2, 0.25) is 0 Å². The Balaban J connectivity index is 4.92. The van der Waals surface area contributed by atoms with Crippen LogP contribution in [0.5, 0.6) is 0 Å². The Bertz CT molecular complexity index is 418. The molecule has 0 radical (unpaired) electrons. The van der Waals surface area contributed by atoms with Gasteiger partial charge in [0.05, 0.1) is 5.57 Å². The molecule has 0 aromatic carbocycles. The van der Waals surface area contributed by atoms with E-state index in [1.54, 1.807) is 12.2 Å². The largest absolute Gasteiger partial charge is 0.416 e. The average Bonchev–Trinajstić information content (AvgIpc) is 2.30. The SMILES string of the molecule is C=C/C(=C\C(=C)C(=C)/C=C\C(=C)CC)C(F)(F)F. The fourth-order valence-corrected chi connectivity index (χ4v) is 0.980. The first kappa shape index (κ1) is 16.2. The fourth-order valence-electron chi connectivity index (χ4n) is 0.980. The van der Waals surface area contributed by atoms with Crippen LogP contribution in [0.1, 0.15) is 13.3 Å². The first-order valence-electron chi connectivity index (χ1n) is 5.37. The summed E-state index contributed by atoms with van der Waals surface area (Å²) in [6.07, 6.45) is 1.33. The molecule has 0 amide bonds. The highest BCUT2D eigenvalue weighted by atomic mass is 19.4. The second kappa shape index (κ2) is 6.84. The van der Waals surface area contributed by atoms with Crippen molar-refractivity contribution in [3.05, 3.63) is 72.9 Å². The van der Waals surface area contributed by atoms with Gasteiger partial charge in [-0.25, -0.2) is 0 Å². The zero-order valence-electron chi connectivity index (χ0n) is 10.5. The van der Waals surface area contributed by atoms with Gasteiger partial charge in [-0.15, -0.1) is 0 Å².